The summed E-state index contributed by atoms with van der Waals surface area (Å²) in [6.07, 6.45) is 0. The van der Waals surface area contributed by atoms with Crippen LogP contribution in [0.5, 0.6) is 0 Å². The molecule has 0 saturated heterocycles. The lowest BCUT2D eigenvalue weighted by atomic mass is 10.2. The Balaban J connectivity index is 2.25. The molecule has 0 aliphatic heterocycles. The molecule has 0 fully saturated rings. The van der Waals surface area contributed by atoms with E-state index >= 15 is 0 Å². The number of furan rings is 1. The van der Waals surface area contributed by atoms with E-state index in [9.17, 15) is 8.42 Å². The molecule has 2 rings (SSSR count). The van der Waals surface area contributed by atoms with Gasteiger partial charge >= 0.3 is 0 Å². The third kappa shape index (κ3) is 3.55. The monoisotopic (exact) mass is 372 g/mol. The molecule has 1 heterocycles. The van der Waals surface area contributed by atoms with Crippen molar-refractivity contribution in [3.8, 4) is 0 Å². The van der Waals surface area contributed by atoms with Crippen LogP contribution in [0.25, 0.3) is 0 Å². The molecule has 0 radical (unpaired) electrons. The molecule has 0 saturated carbocycles. The van der Waals surface area contributed by atoms with E-state index in [0.29, 0.717) is 11.5 Å². The van der Waals surface area contributed by atoms with Gasteiger partial charge in [-0.25, -0.2) is 8.42 Å². The van der Waals surface area contributed by atoms with Crippen molar-refractivity contribution >= 4 is 26.0 Å². The minimum absolute atomic E-state index is 0.169. The number of benzene rings is 1. The van der Waals surface area contributed by atoms with Crippen LogP contribution >= 0.6 is 15.9 Å². The molecule has 0 aliphatic rings. The maximum atomic E-state index is 12.6. The number of nitrogens with zero attached hydrogens (tertiary/aromatic N) is 1. The summed E-state index contributed by atoms with van der Waals surface area (Å²) in [5.41, 5.74) is 6.39. The van der Waals surface area contributed by atoms with Crippen LogP contribution < -0.4 is 5.73 Å². The number of halogens is 1. The lowest BCUT2D eigenvalue weighted by molar-refractivity contribution is 0.456. The summed E-state index contributed by atoms with van der Waals surface area (Å²) in [4.78, 5) is 0.169. The Bertz CT molecular complexity index is 723. The van der Waals surface area contributed by atoms with Crippen molar-refractivity contribution in [1.82, 2.24) is 4.31 Å². The quantitative estimate of drug-likeness (QED) is 0.874. The van der Waals surface area contributed by atoms with Crippen LogP contribution in [-0.2, 0) is 23.1 Å². The Morgan fingerprint density at radius 3 is 2.43 bits per heavy atom. The van der Waals surface area contributed by atoms with Gasteiger partial charge in [0.05, 0.1) is 6.54 Å². The molecule has 0 atom stereocenters. The second-order valence-corrected chi connectivity index (χ2v) is 7.65. The van der Waals surface area contributed by atoms with E-state index < -0.39 is 10.0 Å². The van der Waals surface area contributed by atoms with Gasteiger partial charge in [0, 0.05) is 24.1 Å². The zero-order chi connectivity index (χ0) is 15.6. The number of aryl methyl sites for hydroxylation is 1. The van der Waals surface area contributed by atoms with Crippen molar-refractivity contribution in [2.45, 2.75) is 24.9 Å². The van der Waals surface area contributed by atoms with Crippen molar-refractivity contribution in [1.29, 1.82) is 0 Å². The Morgan fingerprint density at radius 2 is 1.90 bits per heavy atom. The van der Waals surface area contributed by atoms with Crippen molar-refractivity contribution in [3.63, 3.8) is 0 Å². The second-order valence-electron chi connectivity index (χ2n) is 4.72. The molecule has 5 nitrogen and oxygen atoms in total. The standard InChI is InChI=1S/C14H17BrN2O3S/c1-10-14(7-13(8-16)20-10)21(18,19)17(2)9-11-3-5-12(15)6-4-11/h3-7H,8-9,16H2,1-2H3. The maximum Gasteiger partial charge on any atom is 0.246 e. The minimum Gasteiger partial charge on any atom is -0.464 e. The molecule has 2 aromatic rings. The van der Waals surface area contributed by atoms with Crippen LogP contribution in [0.3, 0.4) is 0 Å². The summed E-state index contributed by atoms with van der Waals surface area (Å²) in [5, 5.41) is 0. The van der Waals surface area contributed by atoms with Gasteiger partial charge in [-0.1, -0.05) is 28.1 Å². The highest BCUT2D eigenvalue weighted by Crippen LogP contribution is 2.24. The molecule has 0 amide bonds. The molecule has 0 unspecified atom stereocenters. The van der Waals surface area contributed by atoms with Gasteiger partial charge in [-0.15, -0.1) is 0 Å². The number of nitrogens with two attached hydrogens (primary N) is 1. The molecule has 2 N–H and O–H groups in total. The largest absolute Gasteiger partial charge is 0.464 e. The molecular weight excluding hydrogens is 356 g/mol. The van der Waals surface area contributed by atoms with Crippen molar-refractivity contribution in [2.24, 2.45) is 5.73 Å². The van der Waals surface area contributed by atoms with Crippen molar-refractivity contribution < 1.29 is 12.8 Å². The van der Waals surface area contributed by atoms with E-state index in [1.165, 1.54) is 10.4 Å². The van der Waals surface area contributed by atoms with Gasteiger partial charge < -0.3 is 10.2 Å². The highest BCUT2D eigenvalue weighted by atomic mass is 79.9. The first kappa shape index (κ1) is 16.2. The molecule has 21 heavy (non-hydrogen) atoms. The van der Waals surface area contributed by atoms with E-state index in [1.807, 2.05) is 24.3 Å². The Labute approximate surface area is 132 Å². The average Bonchev–Trinajstić information content (AvgIpc) is 2.83. The summed E-state index contributed by atoms with van der Waals surface area (Å²) in [7, 11) is -2.05. The van der Waals surface area contributed by atoms with Gasteiger partial charge in [0.1, 0.15) is 16.4 Å². The third-order valence-electron chi connectivity index (χ3n) is 3.13. The molecular formula is C14H17BrN2O3S. The molecule has 0 spiro atoms. The first-order valence-electron chi connectivity index (χ1n) is 6.34. The highest BCUT2D eigenvalue weighted by molar-refractivity contribution is 9.10. The average molecular weight is 373 g/mol. The van der Waals surface area contributed by atoms with Gasteiger partial charge in [-0.2, -0.15) is 4.31 Å². The summed E-state index contributed by atoms with van der Waals surface area (Å²) in [5.74, 6) is 0.821. The zero-order valence-electron chi connectivity index (χ0n) is 11.8. The summed E-state index contributed by atoms with van der Waals surface area (Å²) < 4.78 is 32.7. The van der Waals surface area contributed by atoms with Crippen LogP contribution in [0.2, 0.25) is 0 Å². The SMILES string of the molecule is Cc1oc(CN)cc1S(=O)(=O)N(C)Cc1ccc(Br)cc1. The lowest BCUT2D eigenvalue weighted by Crippen LogP contribution is -2.26. The van der Waals surface area contributed by atoms with E-state index in [-0.39, 0.29) is 18.0 Å². The van der Waals surface area contributed by atoms with Crippen LogP contribution in [-0.4, -0.2) is 19.8 Å². The van der Waals surface area contributed by atoms with Crippen LogP contribution in [0.4, 0.5) is 0 Å². The smallest absolute Gasteiger partial charge is 0.246 e. The molecule has 114 valence electrons. The third-order valence-corrected chi connectivity index (χ3v) is 5.57. The summed E-state index contributed by atoms with van der Waals surface area (Å²) >= 11 is 3.35. The summed E-state index contributed by atoms with van der Waals surface area (Å²) in [6.45, 7) is 2.09. The number of hydrogen-bond donors (Lipinski definition) is 1. The van der Waals surface area contributed by atoms with E-state index in [0.717, 1.165) is 10.0 Å². The summed E-state index contributed by atoms with van der Waals surface area (Å²) in [6, 6.07) is 9.01. The predicted molar refractivity (Wildman–Crippen MR) is 84.1 cm³/mol. The first-order chi connectivity index (χ1) is 9.84. The number of sulfonamides is 1. The predicted octanol–water partition coefficient (Wildman–Crippen LogP) is 2.63. The van der Waals surface area contributed by atoms with Crippen LogP contribution in [0.1, 0.15) is 17.1 Å². The highest BCUT2D eigenvalue weighted by Gasteiger charge is 2.26. The lowest BCUT2D eigenvalue weighted by Gasteiger charge is -2.16. The fourth-order valence-corrected chi connectivity index (χ4v) is 3.59. The van der Waals surface area contributed by atoms with Crippen LogP contribution in [0, 0.1) is 6.92 Å². The second kappa shape index (κ2) is 6.31. The molecule has 0 bridgehead atoms. The molecule has 7 heteroatoms. The fraction of sp³-hybridized carbons (Fsp3) is 0.286. The fourth-order valence-electron chi connectivity index (χ4n) is 1.98. The molecule has 1 aromatic heterocycles. The van der Waals surface area contributed by atoms with Crippen molar-refractivity contribution in [2.75, 3.05) is 7.05 Å². The normalized spacial score (nSPS) is 12.0. The van der Waals surface area contributed by atoms with Gasteiger partial charge in [0.15, 0.2) is 0 Å². The topological polar surface area (TPSA) is 76.5 Å². The van der Waals surface area contributed by atoms with Gasteiger partial charge in [-0.3, -0.25) is 0 Å². The number of hydrogen-bond acceptors (Lipinski definition) is 4. The minimum atomic E-state index is -3.59. The number of rotatable bonds is 5. The van der Waals surface area contributed by atoms with Crippen molar-refractivity contribution in [3.05, 3.63) is 51.9 Å². The van der Waals surface area contributed by atoms with E-state index in [2.05, 4.69) is 15.9 Å². The Hall–Kier alpha value is -1.15. The molecule has 0 aliphatic carbocycles. The van der Waals surface area contributed by atoms with Crippen LogP contribution in [0.15, 0.2) is 44.1 Å². The Morgan fingerprint density at radius 1 is 1.29 bits per heavy atom. The zero-order valence-corrected chi connectivity index (χ0v) is 14.2. The molecule has 1 aromatic carbocycles. The maximum absolute atomic E-state index is 12.6. The van der Waals surface area contributed by atoms with Gasteiger partial charge in [0.25, 0.3) is 0 Å². The first-order valence-corrected chi connectivity index (χ1v) is 8.58. The van der Waals surface area contributed by atoms with E-state index in [1.54, 1.807) is 14.0 Å². The Kier molecular flexibility index (Phi) is 4.88. The van der Waals surface area contributed by atoms with Gasteiger partial charge in [-0.05, 0) is 24.6 Å². The van der Waals surface area contributed by atoms with E-state index in [4.69, 9.17) is 10.2 Å². The van der Waals surface area contributed by atoms with Gasteiger partial charge in [0.2, 0.25) is 10.0 Å².